The van der Waals surface area contributed by atoms with E-state index in [4.69, 9.17) is 4.84 Å². The Kier molecular flexibility index (Phi) is 3.70. The SMILES string of the molecule is C=CCO/N=C/c1cccc(C)n1. The van der Waals surface area contributed by atoms with Crippen LogP contribution in [0.1, 0.15) is 11.4 Å². The molecule has 0 atom stereocenters. The maximum atomic E-state index is 4.84. The summed E-state index contributed by atoms with van der Waals surface area (Å²) in [6, 6.07) is 5.73. The topological polar surface area (TPSA) is 34.5 Å². The van der Waals surface area contributed by atoms with Gasteiger partial charge in [0.2, 0.25) is 0 Å². The Bertz CT molecular complexity index is 308. The van der Waals surface area contributed by atoms with E-state index < -0.39 is 0 Å². The fourth-order valence-corrected chi connectivity index (χ4v) is 0.823. The van der Waals surface area contributed by atoms with E-state index in [9.17, 15) is 0 Å². The third-order valence-corrected chi connectivity index (χ3v) is 1.36. The standard InChI is InChI=1S/C10H12N2O/c1-3-7-13-11-8-10-6-4-5-9(2)12-10/h3-6,8H,1,7H2,2H3/b11-8+. The first kappa shape index (κ1) is 9.45. The number of hydrogen-bond donors (Lipinski definition) is 0. The summed E-state index contributed by atoms with van der Waals surface area (Å²) in [5, 5.41) is 3.71. The summed E-state index contributed by atoms with van der Waals surface area (Å²) in [5.41, 5.74) is 1.76. The Morgan fingerprint density at radius 3 is 3.15 bits per heavy atom. The number of aryl methyl sites for hydroxylation is 1. The number of pyridine rings is 1. The molecule has 0 aliphatic carbocycles. The predicted octanol–water partition coefficient (Wildman–Crippen LogP) is 1.93. The molecule has 1 aromatic heterocycles. The average Bonchev–Trinajstić information content (AvgIpc) is 2.13. The van der Waals surface area contributed by atoms with Crippen LogP contribution in [0.25, 0.3) is 0 Å². The van der Waals surface area contributed by atoms with Gasteiger partial charge < -0.3 is 4.84 Å². The van der Waals surface area contributed by atoms with Gasteiger partial charge in [0.15, 0.2) is 0 Å². The molecule has 0 aliphatic rings. The van der Waals surface area contributed by atoms with Gasteiger partial charge in [-0.3, -0.25) is 4.98 Å². The fraction of sp³-hybridized carbons (Fsp3) is 0.200. The molecule has 0 fully saturated rings. The van der Waals surface area contributed by atoms with Crippen molar-refractivity contribution < 1.29 is 4.84 Å². The van der Waals surface area contributed by atoms with Crippen LogP contribution in [-0.4, -0.2) is 17.8 Å². The first-order valence-corrected chi connectivity index (χ1v) is 4.03. The average molecular weight is 176 g/mol. The van der Waals surface area contributed by atoms with E-state index in [2.05, 4.69) is 16.7 Å². The van der Waals surface area contributed by atoms with Gasteiger partial charge in [-0.2, -0.15) is 0 Å². The van der Waals surface area contributed by atoms with Crippen LogP contribution >= 0.6 is 0 Å². The second kappa shape index (κ2) is 5.09. The molecule has 0 bridgehead atoms. The summed E-state index contributed by atoms with van der Waals surface area (Å²) in [4.78, 5) is 9.05. The Labute approximate surface area is 77.7 Å². The zero-order valence-electron chi connectivity index (χ0n) is 7.60. The maximum Gasteiger partial charge on any atom is 0.135 e. The summed E-state index contributed by atoms with van der Waals surface area (Å²) in [6.07, 6.45) is 3.22. The van der Waals surface area contributed by atoms with Crippen molar-refractivity contribution in [2.75, 3.05) is 6.61 Å². The first-order valence-electron chi connectivity index (χ1n) is 4.03. The molecule has 1 rings (SSSR count). The zero-order chi connectivity index (χ0) is 9.52. The molecule has 3 heteroatoms. The quantitative estimate of drug-likeness (QED) is 0.304. The third-order valence-electron chi connectivity index (χ3n) is 1.36. The summed E-state index contributed by atoms with van der Waals surface area (Å²) in [5.74, 6) is 0. The van der Waals surface area contributed by atoms with Crippen LogP contribution in [0.3, 0.4) is 0 Å². The third kappa shape index (κ3) is 3.51. The minimum atomic E-state index is 0.419. The lowest BCUT2D eigenvalue weighted by molar-refractivity contribution is 0.176. The van der Waals surface area contributed by atoms with Crippen LogP contribution < -0.4 is 0 Å². The second-order valence-electron chi connectivity index (χ2n) is 2.52. The molecule has 3 nitrogen and oxygen atoms in total. The van der Waals surface area contributed by atoms with Gasteiger partial charge in [-0.15, -0.1) is 0 Å². The highest BCUT2D eigenvalue weighted by atomic mass is 16.6. The minimum Gasteiger partial charge on any atom is -0.392 e. The van der Waals surface area contributed by atoms with Crippen LogP contribution in [0.4, 0.5) is 0 Å². The number of hydrogen-bond acceptors (Lipinski definition) is 3. The van der Waals surface area contributed by atoms with Crippen LogP contribution in [0.2, 0.25) is 0 Å². The van der Waals surface area contributed by atoms with E-state index in [1.807, 2.05) is 25.1 Å². The lowest BCUT2D eigenvalue weighted by atomic mass is 10.3. The molecule has 0 amide bonds. The Balaban J connectivity index is 2.53. The molecule has 1 heterocycles. The smallest absolute Gasteiger partial charge is 0.135 e. The molecule has 0 saturated heterocycles. The molecule has 13 heavy (non-hydrogen) atoms. The number of aromatic nitrogens is 1. The molecule has 0 unspecified atom stereocenters. The van der Waals surface area contributed by atoms with E-state index in [1.54, 1.807) is 12.3 Å². The van der Waals surface area contributed by atoms with Crippen molar-refractivity contribution in [2.45, 2.75) is 6.92 Å². The maximum absolute atomic E-state index is 4.84. The Morgan fingerprint density at radius 2 is 2.46 bits per heavy atom. The van der Waals surface area contributed by atoms with Gasteiger partial charge in [-0.1, -0.05) is 23.9 Å². The summed E-state index contributed by atoms with van der Waals surface area (Å²) in [6.45, 7) is 5.86. The van der Waals surface area contributed by atoms with Gasteiger partial charge in [-0.25, -0.2) is 0 Å². The number of nitrogens with zero attached hydrogens (tertiary/aromatic N) is 2. The van der Waals surface area contributed by atoms with Crippen LogP contribution in [0, 0.1) is 6.92 Å². The van der Waals surface area contributed by atoms with Gasteiger partial charge in [0, 0.05) is 5.69 Å². The van der Waals surface area contributed by atoms with Gasteiger partial charge >= 0.3 is 0 Å². The van der Waals surface area contributed by atoms with Gasteiger partial charge in [0.25, 0.3) is 0 Å². The van der Waals surface area contributed by atoms with E-state index in [-0.39, 0.29) is 0 Å². The summed E-state index contributed by atoms with van der Waals surface area (Å²) >= 11 is 0. The van der Waals surface area contributed by atoms with Crippen molar-refractivity contribution in [1.29, 1.82) is 0 Å². The van der Waals surface area contributed by atoms with Crippen molar-refractivity contribution >= 4 is 6.21 Å². The Hall–Kier alpha value is -1.64. The fourth-order valence-electron chi connectivity index (χ4n) is 0.823. The van der Waals surface area contributed by atoms with Gasteiger partial charge in [0.05, 0.1) is 11.9 Å². The van der Waals surface area contributed by atoms with Gasteiger partial charge in [-0.05, 0) is 19.1 Å². The van der Waals surface area contributed by atoms with E-state index in [1.165, 1.54) is 0 Å². The molecule has 0 aromatic carbocycles. The molecule has 1 aromatic rings. The van der Waals surface area contributed by atoms with Crippen molar-refractivity contribution in [3.8, 4) is 0 Å². The molecule has 0 radical (unpaired) electrons. The molecule has 0 N–H and O–H groups in total. The summed E-state index contributed by atoms with van der Waals surface area (Å²) in [7, 11) is 0. The van der Waals surface area contributed by atoms with Crippen LogP contribution in [-0.2, 0) is 4.84 Å². The van der Waals surface area contributed by atoms with Crippen molar-refractivity contribution in [2.24, 2.45) is 5.16 Å². The minimum absolute atomic E-state index is 0.419. The van der Waals surface area contributed by atoms with Crippen LogP contribution in [0.5, 0.6) is 0 Å². The Morgan fingerprint density at radius 1 is 1.62 bits per heavy atom. The second-order valence-corrected chi connectivity index (χ2v) is 2.52. The highest BCUT2D eigenvalue weighted by molar-refractivity contribution is 5.76. The molecular weight excluding hydrogens is 164 g/mol. The number of oxime groups is 1. The van der Waals surface area contributed by atoms with E-state index in [0.29, 0.717) is 6.61 Å². The van der Waals surface area contributed by atoms with Crippen molar-refractivity contribution in [3.63, 3.8) is 0 Å². The zero-order valence-corrected chi connectivity index (χ0v) is 7.60. The molecule has 0 aliphatic heterocycles. The molecular formula is C10H12N2O. The van der Waals surface area contributed by atoms with E-state index in [0.717, 1.165) is 11.4 Å². The first-order chi connectivity index (χ1) is 6.33. The lowest BCUT2D eigenvalue weighted by Crippen LogP contribution is -1.90. The highest BCUT2D eigenvalue weighted by Gasteiger charge is 1.88. The normalized spacial score (nSPS) is 10.2. The summed E-state index contributed by atoms with van der Waals surface area (Å²) < 4.78 is 0. The van der Waals surface area contributed by atoms with Crippen molar-refractivity contribution in [1.82, 2.24) is 4.98 Å². The largest absolute Gasteiger partial charge is 0.392 e. The van der Waals surface area contributed by atoms with Crippen molar-refractivity contribution in [3.05, 3.63) is 42.2 Å². The highest BCUT2D eigenvalue weighted by Crippen LogP contribution is 1.94. The van der Waals surface area contributed by atoms with E-state index >= 15 is 0 Å². The molecule has 0 saturated carbocycles. The van der Waals surface area contributed by atoms with Gasteiger partial charge in [0.1, 0.15) is 6.61 Å². The lowest BCUT2D eigenvalue weighted by Gasteiger charge is -1.94. The molecule has 0 spiro atoms. The predicted molar refractivity (Wildman–Crippen MR) is 52.7 cm³/mol. The number of rotatable bonds is 4. The monoisotopic (exact) mass is 176 g/mol. The molecule has 68 valence electrons. The van der Waals surface area contributed by atoms with Crippen LogP contribution in [0.15, 0.2) is 36.0 Å².